The molecule has 0 saturated heterocycles. The van der Waals surface area contributed by atoms with Crippen LogP contribution in [0.4, 0.5) is 10.1 Å². The van der Waals surface area contributed by atoms with Gasteiger partial charge in [-0.25, -0.2) is 4.39 Å². The third kappa shape index (κ3) is 3.81. The zero-order valence-electron chi connectivity index (χ0n) is 12.1. The molecule has 2 aromatic carbocycles. The van der Waals surface area contributed by atoms with Crippen LogP contribution in [0.2, 0.25) is 0 Å². The highest BCUT2D eigenvalue weighted by Crippen LogP contribution is 2.21. The summed E-state index contributed by atoms with van der Waals surface area (Å²) in [7, 11) is 1.35. The summed E-state index contributed by atoms with van der Waals surface area (Å²) in [6.07, 6.45) is 0. The van der Waals surface area contributed by atoms with Crippen LogP contribution in [0.15, 0.2) is 48.5 Å². The number of hydrogen-bond acceptors (Lipinski definition) is 3. The number of carbonyl (C=O) groups excluding carboxylic acids is 1. The molecule has 4 heteroatoms. The van der Waals surface area contributed by atoms with Crippen LogP contribution < -0.4 is 5.32 Å². The van der Waals surface area contributed by atoms with Crippen LogP contribution in [-0.4, -0.2) is 19.6 Å². The number of halogens is 1. The second-order valence-electron chi connectivity index (χ2n) is 4.85. The number of hydrogen-bond donors (Lipinski definition) is 1. The Kier molecular flexibility index (Phi) is 4.93. The lowest BCUT2D eigenvalue weighted by Crippen LogP contribution is -2.22. The quantitative estimate of drug-likeness (QED) is 0.855. The Morgan fingerprint density at radius 3 is 2.62 bits per heavy atom. The molecule has 0 aromatic heterocycles. The molecule has 21 heavy (non-hydrogen) atoms. The fourth-order valence-corrected chi connectivity index (χ4v) is 2.15. The van der Waals surface area contributed by atoms with Crippen LogP contribution >= 0.6 is 0 Å². The van der Waals surface area contributed by atoms with Gasteiger partial charge in [0.15, 0.2) is 0 Å². The van der Waals surface area contributed by atoms with E-state index in [1.807, 2.05) is 37.3 Å². The van der Waals surface area contributed by atoms with Crippen molar-refractivity contribution >= 4 is 11.7 Å². The maximum Gasteiger partial charge on any atom is 0.314 e. The molecule has 0 aliphatic rings. The summed E-state index contributed by atoms with van der Waals surface area (Å²) < 4.78 is 18.6. The zero-order chi connectivity index (χ0) is 15.2. The maximum atomic E-state index is 13.7. The largest absolute Gasteiger partial charge is 0.468 e. The summed E-state index contributed by atoms with van der Waals surface area (Å²) in [5.41, 5.74) is 2.18. The maximum absolute atomic E-state index is 13.7. The summed E-state index contributed by atoms with van der Waals surface area (Å²) in [5.74, 6) is -1.16. The van der Waals surface area contributed by atoms with Crippen LogP contribution in [-0.2, 0) is 9.53 Å². The van der Waals surface area contributed by atoms with Gasteiger partial charge < -0.3 is 10.1 Å². The fourth-order valence-electron chi connectivity index (χ4n) is 2.15. The number of benzene rings is 2. The van der Waals surface area contributed by atoms with E-state index in [2.05, 4.69) is 5.32 Å². The van der Waals surface area contributed by atoms with Gasteiger partial charge in [0.1, 0.15) is 5.82 Å². The molecule has 0 aliphatic heterocycles. The minimum absolute atomic E-state index is 0.275. The van der Waals surface area contributed by atoms with E-state index in [1.54, 1.807) is 12.1 Å². The molecule has 1 atom stereocenters. The summed E-state index contributed by atoms with van der Waals surface area (Å²) in [6, 6.07) is 14.1. The molecule has 110 valence electrons. The number of anilines is 1. The van der Waals surface area contributed by atoms with Crippen molar-refractivity contribution in [1.29, 1.82) is 0 Å². The Bertz CT molecular complexity index is 613. The normalized spacial score (nSPS) is 11.8. The van der Waals surface area contributed by atoms with Crippen molar-refractivity contribution in [3.63, 3.8) is 0 Å². The molecular formula is C17H18FNO2. The first-order chi connectivity index (χ1) is 10.1. The first-order valence-electron chi connectivity index (χ1n) is 6.74. The number of carbonyl (C=O) groups is 1. The van der Waals surface area contributed by atoms with Crippen molar-refractivity contribution in [1.82, 2.24) is 0 Å². The van der Waals surface area contributed by atoms with Crippen LogP contribution in [0.1, 0.15) is 17.0 Å². The Morgan fingerprint density at radius 1 is 1.24 bits per heavy atom. The van der Waals surface area contributed by atoms with Gasteiger partial charge in [-0.3, -0.25) is 4.79 Å². The van der Waals surface area contributed by atoms with E-state index in [-0.39, 0.29) is 18.3 Å². The van der Waals surface area contributed by atoms with E-state index in [1.165, 1.54) is 13.2 Å². The molecule has 3 nitrogen and oxygen atoms in total. The SMILES string of the molecule is COC(=O)C(CNc1cc(C)ccc1F)c1ccccc1. The first kappa shape index (κ1) is 15.0. The highest BCUT2D eigenvalue weighted by molar-refractivity contribution is 5.78. The first-order valence-corrected chi connectivity index (χ1v) is 6.74. The van der Waals surface area contributed by atoms with Gasteiger partial charge in [0.2, 0.25) is 0 Å². The van der Waals surface area contributed by atoms with Crippen molar-refractivity contribution < 1.29 is 13.9 Å². The zero-order valence-corrected chi connectivity index (χ0v) is 12.1. The minimum atomic E-state index is -0.476. The number of nitrogens with one attached hydrogen (secondary N) is 1. The van der Waals surface area contributed by atoms with E-state index in [4.69, 9.17) is 4.74 Å². The van der Waals surface area contributed by atoms with Gasteiger partial charge in [-0.05, 0) is 30.2 Å². The van der Waals surface area contributed by atoms with Crippen molar-refractivity contribution in [3.8, 4) is 0 Å². The summed E-state index contributed by atoms with van der Waals surface area (Å²) in [6.45, 7) is 2.16. The van der Waals surface area contributed by atoms with Crippen LogP contribution in [0.25, 0.3) is 0 Å². The Balaban J connectivity index is 2.16. The fraction of sp³-hybridized carbons (Fsp3) is 0.235. The van der Waals surface area contributed by atoms with Gasteiger partial charge in [0.25, 0.3) is 0 Å². The Morgan fingerprint density at radius 2 is 1.95 bits per heavy atom. The lowest BCUT2D eigenvalue weighted by atomic mass is 9.99. The van der Waals surface area contributed by atoms with E-state index < -0.39 is 5.92 Å². The molecule has 0 fully saturated rings. The van der Waals surface area contributed by atoms with Gasteiger partial charge in [0, 0.05) is 6.54 Å². The van der Waals surface area contributed by atoms with Gasteiger partial charge in [0.05, 0.1) is 18.7 Å². The second kappa shape index (κ2) is 6.88. The smallest absolute Gasteiger partial charge is 0.314 e. The molecule has 0 aliphatic carbocycles. The average molecular weight is 287 g/mol. The molecule has 1 unspecified atom stereocenters. The standard InChI is InChI=1S/C17H18FNO2/c1-12-8-9-15(18)16(10-12)19-11-14(17(20)21-2)13-6-4-3-5-7-13/h3-10,14,19H,11H2,1-2H3. The molecular weight excluding hydrogens is 269 g/mol. The number of methoxy groups -OCH3 is 1. The van der Waals surface area contributed by atoms with Gasteiger partial charge in [-0.2, -0.15) is 0 Å². The van der Waals surface area contributed by atoms with E-state index >= 15 is 0 Å². The van der Waals surface area contributed by atoms with E-state index in [0.717, 1.165) is 11.1 Å². The van der Waals surface area contributed by atoms with Gasteiger partial charge in [-0.1, -0.05) is 36.4 Å². The number of ether oxygens (including phenoxy) is 1. The lowest BCUT2D eigenvalue weighted by Gasteiger charge is -2.17. The summed E-state index contributed by atoms with van der Waals surface area (Å²) in [5, 5.41) is 2.99. The molecule has 0 bridgehead atoms. The number of aryl methyl sites for hydroxylation is 1. The Hall–Kier alpha value is -2.36. The monoisotopic (exact) mass is 287 g/mol. The van der Waals surface area contributed by atoms with Crippen molar-refractivity contribution in [3.05, 3.63) is 65.5 Å². The summed E-state index contributed by atoms with van der Waals surface area (Å²) >= 11 is 0. The second-order valence-corrected chi connectivity index (χ2v) is 4.85. The molecule has 0 heterocycles. The molecule has 1 N–H and O–H groups in total. The molecule has 0 radical (unpaired) electrons. The molecule has 0 saturated carbocycles. The molecule has 2 rings (SSSR count). The van der Waals surface area contributed by atoms with Crippen molar-refractivity contribution in [2.45, 2.75) is 12.8 Å². The van der Waals surface area contributed by atoms with E-state index in [0.29, 0.717) is 5.69 Å². The topological polar surface area (TPSA) is 38.3 Å². The average Bonchev–Trinajstić information content (AvgIpc) is 2.51. The lowest BCUT2D eigenvalue weighted by molar-refractivity contribution is -0.142. The van der Waals surface area contributed by atoms with Crippen molar-refractivity contribution in [2.75, 3.05) is 19.0 Å². The van der Waals surface area contributed by atoms with E-state index in [9.17, 15) is 9.18 Å². The minimum Gasteiger partial charge on any atom is -0.468 e. The molecule has 0 spiro atoms. The van der Waals surface area contributed by atoms with Crippen LogP contribution in [0, 0.1) is 12.7 Å². The Labute approximate surface area is 123 Å². The highest BCUT2D eigenvalue weighted by atomic mass is 19.1. The van der Waals surface area contributed by atoms with Crippen LogP contribution in [0.3, 0.4) is 0 Å². The van der Waals surface area contributed by atoms with Gasteiger partial charge in [-0.15, -0.1) is 0 Å². The van der Waals surface area contributed by atoms with Crippen LogP contribution in [0.5, 0.6) is 0 Å². The summed E-state index contributed by atoms with van der Waals surface area (Å²) in [4.78, 5) is 11.9. The number of esters is 1. The number of rotatable bonds is 5. The third-order valence-electron chi connectivity index (χ3n) is 3.31. The third-order valence-corrected chi connectivity index (χ3v) is 3.31. The highest BCUT2D eigenvalue weighted by Gasteiger charge is 2.21. The predicted octanol–water partition coefficient (Wildman–Crippen LogP) is 3.50. The molecule has 0 amide bonds. The molecule has 2 aromatic rings. The predicted molar refractivity (Wildman–Crippen MR) is 80.8 cm³/mol. The van der Waals surface area contributed by atoms with Crippen molar-refractivity contribution in [2.24, 2.45) is 0 Å². The van der Waals surface area contributed by atoms with Gasteiger partial charge >= 0.3 is 5.97 Å².